The number of hydrogen-bond donors (Lipinski definition) is 3. The van der Waals surface area contributed by atoms with Crippen molar-refractivity contribution in [1.29, 1.82) is 0 Å². The Balaban J connectivity index is 1.51. The molecule has 7 heteroatoms. The molecule has 0 spiro atoms. The van der Waals surface area contributed by atoms with Crippen LogP contribution >= 0.6 is 23.1 Å². The molecule has 35 heavy (non-hydrogen) atoms. The Morgan fingerprint density at radius 3 is 2.66 bits per heavy atom. The van der Waals surface area contributed by atoms with Crippen molar-refractivity contribution in [1.82, 2.24) is 10.6 Å². The molecule has 0 aliphatic carbocycles. The summed E-state index contributed by atoms with van der Waals surface area (Å²) < 4.78 is 3.76. The minimum atomic E-state index is 0.313. The van der Waals surface area contributed by atoms with Gasteiger partial charge in [-0.25, -0.2) is 0 Å². The topological polar surface area (TPSA) is 51.4 Å². The molecule has 1 aliphatic rings. The lowest BCUT2D eigenvalue weighted by atomic mass is 10.2. The van der Waals surface area contributed by atoms with Crippen molar-refractivity contribution >= 4 is 45.1 Å². The number of fused-ring (bicyclic) bond motifs is 2. The Morgan fingerprint density at radius 2 is 1.83 bits per heavy atom. The van der Waals surface area contributed by atoms with Crippen LogP contribution in [0, 0.1) is 6.92 Å². The summed E-state index contributed by atoms with van der Waals surface area (Å²) in [5.41, 5.74) is 3.77. The molecule has 0 unspecified atom stereocenters. The number of rotatable bonds is 11. The van der Waals surface area contributed by atoms with E-state index < -0.39 is 0 Å². The average Bonchev–Trinajstić information content (AvgIpc) is 3.36. The van der Waals surface area contributed by atoms with Crippen molar-refractivity contribution in [2.75, 3.05) is 38.6 Å². The second-order valence-electron chi connectivity index (χ2n) is 8.63. The van der Waals surface area contributed by atoms with E-state index in [2.05, 4.69) is 75.6 Å². The summed E-state index contributed by atoms with van der Waals surface area (Å²) in [4.78, 5) is 3.45. The quantitative estimate of drug-likeness (QED) is 0.183. The van der Waals surface area contributed by atoms with Gasteiger partial charge in [0.05, 0.1) is 10.7 Å². The zero-order valence-electron chi connectivity index (χ0n) is 20.8. The number of anilines is 1. The number of aromatic hydroxyl groups is 1. The first-order valence-corrected chi connectivity index (χ1v) is 13.8. The first-order valence-electron chi connectivity index (χ1n) is 12.2. The highest BCUT2D eigenvalue weighted by Crippen LogP contribution is 2.47. The zero-order valence-corrected chi connectivity index (χ0v) is 22.4. The predicted molar refractivity (Wildman–Crippen MR) is 151 cm³/mol. The van der Waals surface area contributed by atoms with E-state index in [1.54, 1.807) is 17.8 Å². The summed E-state index contributed by atoms with van der Waals surface area (Å²) in [5.74, 6) is 0.313. The first kappa shape index (κ1) is 25.5. The summed E-state index contributed by atoms with van der Waals surface area (Å²) >= 11 is 3.56. The standard InChI is InChI=1S/C28H34N4OS2/c1-21-11-13-23-25(19-21)34-27(31(23)17-7-15-29-2)9-5-4-6-10-28-32(18-8-16-30-3)24-14-12-22(33)20-26(24)35-28/h4-6,9-14,19-20,29-30H,7-8,15-18H2,1-3H3/p+1. The Labute approximate surface area is 216 Å². The summed E-state index contributed by atoms with van der Waals surface area (Å²) in [6.07, 6.45) is 12.9. The van der Waals surface area contributed by atoms with Crippen LogP contribution in [-0.2, 0) is 6.54 Å². The predicted octanol–water partition coefficient (Wildman–Crippen LogP) is 5.44. The molecule has 0 bridgehead atoms. The number of hydrogen-bond acceptors (Lipinski definition) is 6. The molecule has 2 heterocycles. The van der Waals surface area contributed by atoms with Crippen LogP contribution in [0.1, 0.15) is 23.4 Å². The molecule has 0 amide bonds. The number of allylic oxidation sites excluding steroid dienone is 4. The number of aromatic nitrogens is 1. The number of nitrogens with one attached hydrogen (secondary N) is 2. The van der Waals surface area contributed by atoms with Crippen LogP contribution in [-0.4, -0.2) is 38.8 Å². The van der Waals surface area contributed by atoms with Crippen LogP contribution in [0.15, 0.2) is 70.6 Å². The monoisotopic (exact) mass is 507 g/mol. The van der Waals surface area contributed by atoms with E-state index >= 15 is 0 Å². The van der Waals surface area contributed by atoms with Gasteiger partial charge in [0.15, 0.2) is 6.54 Å². The lowest BCUT2D eigenvalue weighted by Crippen LogP contribution is -2.36. The van der Waals surface area contributed by atoms with Gasteiger partial charge in [-0.1, -0.05) is 47.4 Å². The molecule has 3 aromatic rings. The van der Waals surface area contributed by atoms with Gasteiger partial charge in [-0.05, 0) is 69.9 Å². The van der Waals surface area contributed by atoms with Crippen LogP contribution in [0.4, 0.5) is 5.69 Å². The second-order valence-corrected chi connectivity index (χ2v) is 10.8. The van der Waals surface area contributed by atoms with Gasteiger partial charge in [-0.2, -0.15) is 4.57 Å². The van der Waals surface area contributed by atoms with E-state index in [1.807, 2.05) is 37.6 Å². The summed E-state index contributed by atoms with van der Waals surface area (Å²) in [6.45, 7) is 6.08. The third kappa shape index (κ3) is 6.35. The molecule has 1 aliphatic heterocycles. The molecule has 1 aromatic heterocycles. The fraction of sp³-hybridized carbons (Fsp3) is 0.321. The number of benzene rings is 2. The third-order valence-electron chi connectivity index (χ3n) is 5.92. The van der Waals surface area contributed by atoms with Gasteiger partial charge in [-0.3, -0.25) is 0 Å². The van der Waals surface area contributed by atoms with Crippen LogP contribution in [0.25, 0.3) is 16.3 Å². The van der Waals surface area contributed by atoms with Crippen molar-refractivity contribution in [3.63, 3.8) is 0 Å². The Hall–Kier alpha value is -2.58. The maximum Gasteiger partial charge on any atom is 0.262 e. The Morgan fingerprint density at radius 1 is 1.00 bits per heavy atom. The van der Waals surface area contributed by atoms with E-state index in [1.165, 1.54) is 31.5 Å². The maximum absolute atomic E-state index is 9.91. The van der Waals surface area contributed by atoms with E-state index in [0.29, 0.717) is 5.75 Å². The van der Waals surface area contributed by atoms with Gasteiger partial charge in [0.1, 0.15) is 10.4 Å². The first-order chi connectivity index (χ1) is 17.1. The molecule has 3 N–H and O–H groups in total. The average molecular weight is 508 g/mol. The van der Waals surface area contributed by atoms with Crippen molar-refractivity contribution < 1.29 is 9.67 Å². The summed E-state index contributed by atoms with van der Waals surface area (Å²) in [7, 11) is 3.99. The van der Waals surface area contributed by atoms with Crippen LogP contribution in [0.5, 0.6) is 5.75 Å². The van der Waals surface area contributed by atoms with Gasteiger partial charge in [0.2, 0.25) is 5.52 Å². The minimum absolute atomic E-state index is 0.313. The molecule has 0 fully saturated rings. The SMILES string of the molecule is CNCCCN1C(=CC=CC=Cc2sc3cc(C)ccc3[n+]2CCCNC)Sc2cc(O)ccc21. The van der Waals surface area contributed by atoms with Gasteiger partial charge in [0, 0.05) is 36.5 Å². The number of phenols is 1. The fourth-order valence-corrected chi connectivity index (χ4v) is 6.52. The molecule has 184 valence electrons. The highest BCUT2D eigenvalue weighted by molar-refractivity contribution is 8.03. The Bertz CT molecular complexity index is 1250. The van der Waals surface area contributed by atoms with Crippen LogP contribution in [0.3, 0.4) is 0 Å². The molecule has 0 saturated heterocycles. The number of thioether (sulfide) groups is 1. The van der Waals surface area contributed by atoms with Gasteiger partial charge < -0.3 is 20.6 Å². The molecule has 0 atom stereocenters. The van der Waals surface area contributed by atoms with Crippen molar-refractivity contribution in [2.24, 2.45) is 0 Å². The van der Waals surface area contributed by atoms with Crippen molar-refractivity contribution in [3.8, 4) is 5.75 Å². The van der Waals surface area contributed by atoms with Crippen molar-refractivity contribution in [3.05, 3.63) is 76.3 Å². The van der Waals surface area contributed by atoms with E-state index in [9.17, 15) is 5.11 Å². The molecule has 2 aromatic carbocycles. The molecule has 0 saturated carbocycles. The lowest BCUT2D eigenvalue weighted by Gasteiger charge is -2.20. The van der Waals surface area contributed by atoms with Crippen molar-refractivity contribution in [2.45, 2.75) is 31.2 Å². The second kappa shape index (κ2) is 12.4. The Kier molecular flexibility index (Phi) is 9.04. The van der Waals surface area contributed by atoms with Crippen LogP contribution < -0.4 is 20.1 Å². The summed E-state index contributed by atoms with van der Waals surface area (Å²) in [5, 5.41) is 18.8. The van der Waals surface area contributed by atoms with Gasteiger partial charge in [0.25, 0.3) is 5.01 Å². The number of phenolic OH excluding ortho intramolecular Hbond substituents is 1. The normalized spacial score (nSPS) is 14.8. The van der Waals surface area contributed by atoms with E-state index in [4.69, 9.17) is 0 Å². The molecular formula is C28H35N4OS2+. The lowest BCUT2D eigenvalue weighted by molar-refractivity contribution is -0.669. The smallest absolute Gasteiger partial charge is 0.262 e. The number of nitrogens with zero attached hydrogens (tertiary/aromatic N) is 2. The number of aryl methyl sites for hydroxylation is 2. The third-order valence-corrected chi connectivity index (χ3v) is 8.14. The van der Waals surface area contributed by atoms with Gasteiger partial charge in [-0.15, -0.1) is 0 Å². The molecule has 4 rings (SSSR count). The van der Waals surface area contributed by atoms with Crippen LogP contribution in [0.2, 0.25) is 0 Å². The largest absolute Gasteiger partial charge is 0.508 e. The number of thiazole rings is 1. The summed E-state index contributed by atoms with van der Waals surface area (Å²) in [6, 6.07) is 12.4. The molecule has 5 nitrogen and oxygen atoms in total. The zero-order chi connectivity index (χ0) is 24.6. The van der Waals surface area contributed by atoms with E-state index in [-0.39, 0.29) is 0 Å². The van der Waals surface area contributed by atoms with E-state index in [0.717, 1.165) is 43.9 Å². The molecule has 0 radical (unpaired) electrons. The fourth-order valence-electron chi connectivity index (χ4n) is 4.18. The highest BCUT2D eigenvalue weighted by atomic mass is 32.2. The van der Waals surface area contributed by atoms with Gasteiger partial charge >= 0.3 is 0 Å². The highest BCUT2D eigenvalue weighted by Gasteiger charge is 2.24. The molecular weight excluding hydrogens is 472 g/mol. The minimum Gasteiger partial charge on any atom is -0.508 e. The maximum atomic E-state index is 9.91.